The van der Waals surface area contributed by atoms with E-state index < -0.39 is 11.6 Å². The first-order chi connectivity index (χ1) is 17.6. The number of rotatable bonds is 6. The summed E-state index contributed by atoms with van der Waals surface area (Å²) in [4.78, 5) is 21.4. The first-order valence-corrected chi connectivity index (χ1v) is 11.6. The van der Waals surface area contributed by atoms with E-state index in [1.807, 2.05) is 24.3 Å². The molecule has 36 heavy (non-hydrogen) atoms. The molecule has 9 nitrogen and oxygen atoms in total. The van der Waals surface area contributed by atoms with Crippen molar-refractivity contribution in [1.29, 1.82) is 5.26 Å². The molecule has 1 aromatic heterocycles. The van der Waals surface area contributed by atoms with Crippen molar-refractivity contribution in [3.63, 3.8) is 0 Å². The van der Waals surface area contributed by atoms with E-state index in [1.165, 1.54) is 6.33 Å². The van der Waals surface area contributed by atoms with Gasteiger partial charge in [0.1, 0.15) is 17.6 Å². The number of carbonyl (C=O) groups excluding carboxylic acids is 1. The van der Waals surface area contributed by atoms with E-state index in [-0.39, 0.29) is 0 Å². The molecule has 0 radical (unpaired) electrons. The molecule has 1 saturated carbocycles. The van der Waals surface area contributed by atoms with E-state index in [9.17, 15) is 10.1 Å². The molecule has 5 rings (SSSR count). The van der Waals surface area contributed by atoms with Crippen LogP contribution in [0.15, 0.2) is 54.9 Å². The van der Waals surface area contributed by atoms with Gasteiger partial charge < -0.3 is 24.8 Å². The van der Waals surface area contributed by atoms with Gasteiger partial charge in [-0.3, -0.25) is 0 Å². The van der Waals surface area contributed by atoms with Crippen LogP contribution >= 0.6 is 0 Å². The predicted octanol–water partition coefficient (Wildman–Crippen LogP) is 5.55. The number of fused-ring (bicyclic) bond motifs is 2. The minimum atomic E-state index is -0.805. The van der Waals surface area contributed by atoms with E-state index in [0.29, 0.717) is 52.6 Å². The first kappa shape index (κ1) is 23.2. The van der Waals surface area contributed by atoms with E-state index in [2.05, 4.69) is 26.7 Å². The molecular formula is C27H25N5O4. The van der Waals surface area contributed by atoms with Crippen molar-refractivity contribution >= 4 is 33.4 Å². The maximum atomic E-state index is 12.8. The lowest BCUT2D eigenvalue weighted by molar-refractivity contribution is 0.244. The van der Waals surface area contributed by atoms with Gasteiger partial charge in [-0.15, -0.1) is 0 Å². The van der Waals surface area contributed by atoms with Crippen LogP contribution in [0, 0.1) is 11.3 Å². The Bertz CT molecular complexity index is 1490. The molecule has 2 amide bonds. The quantitative estimate of drug-likeness (QED) is 0.369. The minimum absolute atomic E-state index is 0.363. The molecule has 0 bridgehead atoms. The van der Waals surface area contributed by atoms with Crippen LogP contribution in [0.2, 0.25) is 0 Å². The van der Waals surface area contributed by atoms with Gasteiger partial charge in [0, 0.05) is 16.8 Å². The second kappa shape index (κ2) is 9.58. The Labute approximate surface area is 208 Å². The van der Waals surface area contributed by atoms with Gasteiger partial charge in [0.05, 0.1) is 36.9 Å². The molecule has 1 aliphatic carbocycles. The Balaban J connectivity index is 1.47. The van der Waals surface area contributed by atoms with Crippen molar-refractivity contribution in [2.45, 2.75) is 31.2 Å². The zero-order valence-corrected chi connectivity index (χ0v) is 20.0. The van der Waals surface area contributed by atoms with Gasteiger partial charge in [-0.05, 0) is 43.9 Å². The SMILES string of the molecule is COc1cc2ncnc(Oc3ccc(NC(=O)NC4(C#N)CCCC4)c4ccccc34)c2cc1OC. The third kappa shape index (κ3) is 4.29. The van der Waals surface area contributed by atoms with Gasteiger partial charge in [-0.1, -0.05) is 24.3 Å². The van der Waals surface area contributed by atoms with Gasteiger partial charge >= 0.3 is 6.03 Å². The number of hydrogen-bond acceptors (Lipinski definition) is 7. The second-order valence-corrected chi connectivity index (χ2v) is 8.64. The normalized spacial score (nSPS) is 14.2. The number of benzene rings is 3. The largest absolute Gasteiger partial charge is 0.493 e. The fraction of sp³-hybridized carbons (Fsp3) is 0.259. The van der Waals surface area contributed by atoms with E-state index in [4.69, 9.17) is 14.2 Å². The number of carbonyl (C=O) groups is 1. The summed E-state index contributed by atoms with van der Waals surface area (Å²) in [5.74, 6) is 2.03. The number of anilines is 1. The average Bonchev–Trinajstić information content (AvgIpc) is 3.38. The van der Waals surface area contributed by atoms with E-state index >= 15 is 0 Å². The summed E-state index contributed by atoms with van der Waals surface area (Å²) in [5.41, 5.74) is 0.455. The van der Waals surface area contributed by atoms with E-state index in [0.717, 1.165) is 23.6 Å². The Morgan fingerprint density at radius 1 is 0.944 bits per heavy atom. The summed E-state index contributed by atoms with van der Waals surface area (Å²) in [6, 6.07) is 16.6. The van der Waals surface area contributed by atoms with Crippen molar-refractivity contribution in [3.05, 3.63) is 54.9 Å². The molecular weight excluding hydrogens is 458 g/mol. The highest BCUT2D eigenvalue weighted by Crippen LogP contribution is 2.39. The summed E-state index contributed by atoms with van der Waals surface area (Å²) in [6.07, 6.45) is 4.61. The molecule has 2 N–H and O–H groups in total. The molecule has 3 aromatic carbocycles. The maximum absolute atomic E-state index is 12.8. The van der Waals surface area contributed by atoms with Crippen LogP contribution in [0.25, 0.3) is 21.7 Å². The molecule has 0 aliphatic heterocycles. The van der Waals surface area contributed by atoms with Gasteiger partial charge in [0.25, 0.3) is 0 Å². The number of nitrogens with zero attached hydrogens (tertiary/aromatic N) is 3. The van der Waals surface area contributed by atoms with Crippen molar-refractivity contribution < 1.29 is 19.0 Å². The molecule has 0 atom stereocenters. The van der Waals surface area contributed by atoms with Crippen LogP contribution in [0.3, 0.4) is 0 Å². The Hall–Kier alpha value is -4.58. The predicted molar refractivity (Wildman–Crippen MR) is 136 cm³/mol. The fourth-order valence-electron chi connectivity index (χ4n) is 4.63. The molecule has 0 saturated heterocycles. The highest BCUT2D eigenvalue weighted by molar-refractivity contribution is 6.04. The van der Waals surface area contributed by atoms with Crippen molar-refractivity contribution in [3.8, 4) is 29.2 Å². The van der Waals surface area contributed by atoms with Crippen LogP contribution in [0.1, 0.15) is 25.7 Å². The standard InChI is InChI=1S/C27H25N5O4/c1-34-23-13-19-21(14-24(23)35-2)29-16-30-25(19)36-22-10-9-20(17-7-3-4-8-18(17)22)31-26(33)32-27(15-28)11-5-6-12-27/h3-4,7-10,13-14,16H,5-6,11-12H2,1-2H3,(H2,31,32,33). The van der Waals surface area contributed by atoms with E-state index in [1.54, 1.807) is 38.5 Å². The van der Waals surface area contributed by atoms with Crippen LogP contribution in [0.4, 0.5) is 10.5 Å². The van der Waals surface area contributed by atoms with Crippen molar-refractivity contribution in [1.82, 2.24) is 15.3 Å². The second-order valence-electron chi connectivity index (χ2n) is 8.64. The van der Waals surface area contributed by atoms with Crippen molar-refractivity contribution in [2.75, 3.05) is 19.5 Å². The van der Waals surface area contributed by atoms with Crippen molar-refractivity contribution in [2.24, 2.45) is 0 Å². The van der Waals surface area contributed by atoms with Gasteiger partial charge in [-0.2, -0.15) is 5.26 Å². The highest BCUT2D eigenvalue weighted by atomic mass is 16.5. The molecule has 0 unspecified atom stereocenters. The number of amides is 2. The molecule has 4 aromatic rings. The Morgan fingerprint density at radius 2 is 1.67 bits per heavy atom. The summed E-state index contributed by atoms with van der Waals surface area (Å²) in [5, 5.41) is 17.6. The van der Waals surface area contributed by atoms with Gasteiger partial charge in [-0.25, -0.2) is 14.8 Å². The summed E-state index contributed by atoms with van der Waals surface area (Å²) in [7, 11) is 3.13. The first-order valence-electron chi connectivity index (χ1n) is 11.6. The maximum Gasteiger partial charge on any atom is 0.320 e. The zero-order chi connectivity index (χ0) is 25.1. The summed E-state index contributed by atoms with van der Waals surface area (Å²) in [6.45, 7) is 0. The third-order valence-corrected chi connectivity index (χ3v) is 6.47. The number of nitrogens with one attached hydrogen (secondary N) is 2. The van der Waals surface area contributed by atoms with Crippen LogP contribution in [-0.4, -0.2) is 35.8 Å². The molecule has 1 heterocycles. The number of aromatic nitrogens is 2. The van der Waals surface area contributed by atoms with Crippen LogP contribution in [0.5, 0.6) is 23.1 Å². The van der Waals surface area contributed by atoms with Gasteiger partial charge in [0.2, 0.25) is 5.88 Å². The zero-order valence-electron chi connectivity index (χ0n) is 20.0. The van der Waals surface area contributed by atoms with Crippen LogP contribution < -0.4 is 24.8 Å². The molecule has 9 heteroatoms. The minimum Gasteiger partial charge on any atom is -0.493 e. The number of hydrogen-bond donors (Lipinski definition) is 2. The Kier molecular flexibility index (Phi) is 6.17. The fourth-order valence-corrected chi connectivity index (χ4v) is 4.63. The lowest BCUT2D eigenvalue weighted by Crippen LogP contribution is -2.47. The number of methoxy groups -OCH3 is 2. The summed E-state index contributed by atoms with van der Waals surface area (Å²) < 4.78 is 17.1. The van der Waals surface area contributed by atoms with Crippen LogP contribution in [-0.2, 0) is 0 Å². The monoisotopic (exact) mass is 483 g/mol. The molecule has 1 aliphatic rings. The molecule has 182 valence electrons. The topological polar surface area (TPSA) is 118 Å². The third-order valence-electron chi connectivity index (χ3n) is 6.47. The average molecular weight is 484 g/mol. The molecule has 1 fully saturated rings. The smallest absolute Gasteiger partial charge is 0.320 e. The lowest BCUT2D eigenvalue weighted by atomic mass is 10.0. The number of urea groups is 1. The molecule has 0 spiro atoms. The number of nitriles is 1. The number of ether oxygens (including phenoxy) is 3. The highest BCUT2D eigenvalue weighted by Gasteiger charge is 2.35. The Morgan fingerprint density at radius 3 is 2.39 bits per heavy atom. The van der Waals surface area contributed by atoms with Gasteiger partial charge in [0.15, 0.2) is 11.5 Å². The lowest BCUT2D eigenvalue weighted by Gasteiger charge is -2.22. The summed E-state index contributed by atoms with van der Waals surface area (Å²) >= 11 is 0.